The van der Waals surface area contributed by atoms with E-state index in [0.717, 1.165) is 29.7 Å². The highest BCUT2D eigenvalue weighted by molar-refractivity contribution is 7.90. The fourth-order valence-electron chi connectivity index (χ4n) is 4.62. The molecule has 1 saturated heterocycles. The number of sulfonamides is 1. The van der Waals surface area contributed by atoms with Crippen LogP contribution in [-0.4, -0.2) is 38.2 Å². The van der Waals surface area contributed by atoms with Gasteiger partial charge in [0.1, 0.15) is 4.90 Å². The Morgan fingerprint density at radius 3 is 2.34 bits per heavy atom. The van der Waals surface area contributed by atoms with Crippen LogP contribution < -0.4 is 5.32 Å². The summed E-state index contributed by atoms with van der Waals surface area (Å²) >= 11 is 0. The standard InChI is InChI=1S/C25H31N3O3S/c1-16(2)19-11-7-12-20(17(3)4)23(19)26-25(29)18-9-8-14-28(15-18)24-21-10-5-6-13-22(21)32(30,31)27-24/h5-7,10-13,16-18H,8-9,14-15H2,1-4H3,(H,26,29). The molecule has 2 heterocycles. The third-order valence-corrected chi connectivity index (χ3v) is 7.65. The van der Waals surface area contributed by atoms with E-state index in [2.05, 4.69) is 55.6 Å². The molecule has 2 aromatic rings. The summed E-state index contributed by atoms with van der Waals surface area (Å²) in [6.07, 6.45) is 1.58. The summed E-state index contributed by atoms with van der Waals surface area (Å²) in [5.74, 6) is 0.799. The first-order valence-electron chi connectivity index (χ1n) is 11.3. The van der Waals surface area contributed by atoms with Crippen molar-refractivity contribution in [2.45, 2.75) is 57.3 Å². The van der Waals surface area contributed by atoms with Crippen molar-refractivity contribution in [3.8, 4) is 0 Å². The van der Waals surface area contributed by atoms with E-state index >= 15 is 0 Å². The molecule has 1 amide bonds. The molecule has 1 unspecified atom stereocenters. The molecule has 2 aromatic carbocycles. The van der Waals surface area contributed by atoms with Gasteiger partial charge in [-0.3, -0.25) is 4.79 Å². The average molecular weight is 454 g/mol. The van der Waals surface area contributed by atoms with Crippen molar-refractivity contribution in [1.82, 2.24) is 4.90 Å². The number of hydrogen-bond acceptors (Lipinski definition) is 4. The summed E-state index contributed by atoms with van der Waals surface area (Å²) in [4.78, 5) is 15.6. The van der Waals surface area contributed by atoms with Crippen LogP contribution in [0.5, 0.6) is 0 Å². The summed E-state index contributed by atoms with van der Waals surface area (Å²) in [6.45, 7) is 9.67. The second-order valence-electron chi connectivity index (χ2n) is 9.28. The smallest absolute Gasteiger partial charge is 0.285 e. The van der Waals surface area contributed by atoms with Crippen molar-refractivity contribution in [1.29, 1.82) is 0 Å². The Balaban J connectivity index is 1.58. The van der Waals surface area contributed by atoms with E-state index in [9.17, 15) is 13.2 Å². The van der Waals surface area contributed by atoms with Crippen molar-refractivity contribution < 1.29 is 13.2 Å². The molecule has 0 spiro atoms. The van der Waals surface area contributed by atoms with Gasteiger partial charge in [-0.1, -0.05) is 58.0 Å². The molecule has 7 heteroatoms. The van der Waals surface area contributed by atoms with Crippen LogP contribution in [-0.2, 0) is 14.8 Å². The van der Waals surface area contributed by atoms with Crippen LogP contribution in [0, 0.1) is 5.92 Å². The monoisotopic (exact) mass is 453 g/mol. The van der Waals surface area contributed by atoms with E-state index < -0.39 is 10.0 Å². The molecule has 32 heavy (non-hydrogen) atoms. The van der Waals surface area contributed by atoms with Gasteiger partial charge in [0, 0.05) is 24.3 Å². The molecule has 0 aromatic heterocycles. The summed E-state index contributed by atoms with van der Waals surface area (Å²) in [5.41, 5.74) is 3.82. The van der Waals surface area contributed by atoms with Gasteiger partial charge in [0.2, 0.25) is 5.91 Å². The summed E-state index contributed by atoms with van der Waals surface area (Å²) in [5, 5.41) is 3.23. The van der Waals surface area contributed by atoms with Gasteiger partial charge in [0.15, 0.2) is 5.84 Å². The number of carbonyl (C=O) groups is 1. The van der Waals surface area contributed by atoms with Crippen LogP contribution in [0.3, 0.4) is 0 Å². The van der Waals surface area contributed by atoms with Gasteiger partial charge in [0.05, 0.1) is 5.92 Å². The van der Waals surface area contributed by atoms with Gasteiger partial charge in [-0.2, -0.15) is 8.42 Å². The molecule has 1 fully saturated rings. The largest absolute Gasteiger partial charge is 0.355 e. The Kier molecular flexibility index (Phi) is 6.12. The highest BCUT2D eigenvalue weighted by Gasteiger charge is 2.35. The lowest BCUT2D eigenvalue weighted by Gasteiger charge is -2.33. The minimum atomic E-state index is -3.67. The normalized spacial score (nSPS) is 19.8. The number of para-hydroxylation sites is 1. The van der Waals surface area contributed by atoms with Gasteiger partial charge in [-0.25, -0.2) is 0 Å². The molecule has 1 atom stereocenters. The molecule has 0 aliphatic carbocycles. The Hall–Kier alpha value is -2.67. The van der Waals surface area contributed by atoms with E-state index in [0.29, 0.717) is 36.3 Å². The lowest BCUT2D eigenvalue weighted by Crippen LogP contribution is -2.43. The number of fused-ring (bicyclic) bond motifs is 1. The first-order chi connectivity index (χ1) is 15.2. The molecule has 6 nitrogen and oxygen atoms in total. The van der Waals surface area contributed by atoms with Gasteiger partial charge in [-0.05, 0) is 47.9 Å². The molecular weight excluding hydrogens is 422 g/mol. The van der Waals surface area contributed by atoms with Crippen molar-refractivity contribution in [3.05, 3.63) is 59.2 Å². The highest BCUT2D eigenvalue weighted by Crippen LogP contribution is 2.34. The number of carbonyl (C=O) groups excluding carboxylic acids is 1. The van der Waals surface area contributed by atoms with Gasteiger partial charge < -0.3 is 10.2 Å². The van der Waals surface area contributed by atoms with E-state index in [4.69, 9.17) is 0 Å². The van der Waals surface area contributed by atoms with Crippen LogP contribution in [0.2, 0.25) is 0 Å². The maximum absolute atomic E-state index is 13.4. The molecule has 170 valence electrons. The molecule has 2 aliphatic rings. The van der Waals surface area contributed by atoms with Gasteiger partial charge in [-0.15, -0.1) is 4.40 Å². The van der Waals surface area contributed by atoms with Crippen molar-refractivity contribution in [3.63, 3.8) is 0 Å². The summed E-state index contributed by atoms with van der Waals surface area (Å²) in [7, 11) is -3.67. The summed E-state index contributed by atoms with van der Waals surface area (Å²) < 4.78 is 29.0. The first kappa shape index (κ1) is 22.5. The average Bonchev–Trinajstić information content (AvgIpc) is 3.05. The highest BCUT2D eigenvalue weighted by atomic mass is 32.2. The minimum Gasteiger partial charge on any atom is -0.355 e. The Morgan fingerprint density at radius 1 is 1.03 bits per heavy atom. The van der Waals surface area contributed by atoms with Crippen LogP contribution >= 0.6 is 0 Å². The number of benzene rings is 2. The third-order valence-electron chi connectivity index (χ3n) is 6.33. The molecule has 0 bridgehead atoms. The minimum absolute atomic E-state index is 0.0144. The van der Waals surface area contributed by atoms with E-state index in [-0.39, 0.29) is 16.7 Å². The maximum Gasteiger partial charge on any atom is 0.285 e. The first-order valence-corrected chi connectivity index (χ1v) is 12.8. The number of hydrogen-bond donors (Lipinski definition) is 1. The van der Waals surface area contributed by atoms with E-state index in [1.54, 1.807) is 18.2 Å². The van der Waals surface area contributed by atoms with Crippen molar-refractivity contribution >= 4 is 27.5 Å². The Labute approximate surface area is 190 Å². The number of amides is 1. The van der Waals surface area contributed by atoms with Crippen molar-refractivity contribution in [2.75, 3.05) is 18.4 Å². The molecule has 0 saturated carbocycles. The topological polar surface area (TPSA) is 78.8 Å². The molecule has 1 N–H and O–H groups in total. The maximum atomic E-state index is 13.4. The van der Waals surface area contributed by atoms with Crippen LogP contribution in [0.4, 0.5) is 5.69 Å². The lowest BCUT2D eigenvalue weighted by molar-refractivity contribution is -0.121. The van der Waals surface area contributed by atoms with E-state index in [1.165, 1.54) is 0 Å². The fraction of sp³-hybridized carbons (Fsp3) is 0.440. The number of nitrogens with one attached hydrogen (secondary N) is 1. The number of rotatable bonds is 4. The van der Waals surface area contributed by atoms with Crippen LogP contribution in [0.15, 0.2) is 51.8 Å². The van der Waals surface area contributed by atoms with Crippen molar-refractivity contribution in [2.24, 2.45) is 10.3 Å². The quantitative estimate of drug-likeness (QED) is 0.726. The number of likely N-dealkylation sites (tertiary alicyclic amines) is 1. The van der Waals surface area contributed by atoms with Crippen LogP contribution in [0.1, 0.15) is 69.1 Å². The Morgan fingerprint density at radius 2 is 1.69 bits per heavy atom. The molecule has 2 aliphatic heterocycles. The fourth-order valence-corrected chi connectivity index (χ4v) is 5.85. The van der Waals surface area contributed by atoms with Gasteiger partial charge >= 0.3 is 0 Å². The zero-order valence-corrected chi connectivity index (χ0v) is 19.9. The number of amidine groups is 1. The number of nitrogens with zero attached hydrogens (tertiary/aromatic N) is 2. The van der Waals surface area contributed by atoms with Gasteiger partial charge in [0.25, 0.3) is 10.0 Å². The predicted octanol–water partition coefficient (Wildman–Crippen LogP) is 4.73. The second kappa shape index (κ2) is 8.70. The number of piperidine rings is 1. The van der Waals surface area contributed by atoms with E-state index in [1.807, 2.05) is 11.0 Å². The third kappa shape index (κ3) is 4.18. The zero-order valence-electron chi connectivity index (χ0n) is 19.1. The Bertz CT molecular complexity index is 1140. The SMILES string of the molecule is CC(C)c1cccc(C(C)C)c1NC(=O)C1CCCN(C2=NS(=O)(=O)c3ccccc32)C1. The molecule has 0 radical (unpaired) electrons. The second-order valence-corrected chi connectivity index (χ2v) is 10.9. The summed E-state index contributed by atoms with van der Waals surface area (Å²) in [6, 6.07) is 13.1. The predicted molar refractivity (Wildman–Crippen MR) is 128 cm³/mol. The molecular formula is C25H31N3O3S. The number of anilines is 1. The zero-order chi connectivity index (χ0) is 23.0. The molecule has 4 rings (SSSR count). The lowest BCUT2D eigenvalue weighted by atomic mass is 9.91. The van der Waals surface area contributed by atoms with Crippen LogP contribution in [0.25, 0.3) is 0 Å².